The van der Waals surface area contributed by atoms with Gasteiger partial charge in [0.05, 0.1) is 0 Å². The van der Waals surface area contributed by atoms with Crippen LogP contribution >= 0.6 is 0 Å². The van der Waals surface area contributed by atoms with Gasteiger partial charge in [-0.1, -0.05) is 13.8 Å². The van der Waals surface area contributed by atoms with Crippen LogP contribution in [0, 0.1) is 11.2 Å². The van der Waals surface area contributed by atoms with Gasteiger partial charge in [-0.3, -0.25) is 0 Å². The van der Waals surface area contributed by atoms with E-state index < -0.39 is 0 Å². The monoisotopic (exact) mass is 264 g/mol. The Balaban J connectivity index is 2.27. The molecule has 1 aliphatic heterocycles. The molecular weight excluding hydrogens is 239 g/mol. The summed E-state index contributed by atoms with van der Waals surface area (Å²) < 4.78 is 13.5. The fourth-order valence-electron chi connectivity index (χ4n) is 3.00. The minimum absolute atomic E-state index is 0.0540. The van der Waals surface area contributed by atoms with Crippen molar-refractivity contribution in [1.29, 1.82) is 0 Å². The summed E-state index contributed by atoms with van der Waals surface area (Å²) in [7, 11) is 0. The smallest absolute Gasteiger partial charge is 0.123 e. The Kier molecular flexibility index (Phi) is 4.14. The first-order valence-electron chi connectivity index (χ1n) is 7.16. The van der Waals surface area contributed by atoms with Gasteiger partial charge in [0.2, 0.25) is 0 Å². The summed E-state index contributed by atoms with van der Waals surface area (Å²) in [5.74, 6) is -0.171. The van der Waals surface area contributed by atoms with E-state index in [2.05, 4.69) is 18.7 Å². The van der Waals surface area contributed by atoms with Crippen molar-refractivity contribution in [2.24, 2.45) is 11.1 Å². The van der Waals surface area contributed by atoms with Crippen molar-refractivity contribution < 1.29 is 4.39 Å². The van der Waals surface area contributed by atoms with Crippen molar-refractivity contribution in [3.05, 3.63) is 29.6 Å². The lowest BCUT2D eigenvalue weighted by molar-refractivity contribution is 0.293. The van der Waals surface area contributed by atoms with Crippen LogP contribution < -0.4 is 10.6 Å². The van der Waals surface area contributed by atoms with Crippen LogP contribution in [-0.4, -0.2) is 19.1 Å². The van der Waals surface area contributed by atoms with E-state index in [4.69, 9.17) is 5.73 Å². The molecule has 106 valence electrons. The molecule has 1 unspecified atom stereocenters. The van der Waals surface area contributed by atoms with E-state index in [9.17, 15) is 4.39 Å². The van der Waals surface area contributed by atoms with Crippen LogP contribution in [0.2, 0.25) is 0 Å². The first-order valence-corrected chi connectivity index (χ1v) is 7.16. The van der Waals surface area contributed by atoms with Gasteiger partial charge in [-0.2, -0.15) is 0 Å². The van der Waals surface area contributed by atoms with Gasteiger partial charge in [0.25, 0.3) is 0 Å². The lowest BCUT2D eigenvalue weighted by atomic mass is 9.83. The molecule has 1 heterocycles. The maximum Gasteiger partial charge on any atom is 0.123 e. The van der Waals surface area contributed by atoms with Gasteiger partial charge in [0.1, 0.15) is 5.82 Å². The SMILES string of the molecule is CC(N)Cc1cc(F)ccc1N1CCCC(C)(C)C1. The van der Waals surface area contributed by atoms with Crippen LogP contribution in [0.4, 0.5) is 10.1 Å². The highest BCUT2D eigenvalue weighted by molar-refractivity contribution is 5.54. The van der Waals surface area contributed by atoms with E-state index in [0.717, 1.165) is 30.8 Å². The Labute approximate surface area is 115 Å². The number of nitrogens with zero attached hydrogens (tertiary/aromatic N) is 1. The zero-order valence-corrected chi connectivity index (χ0v) is 12.2. The van der Waals surface area contributed by atoms with Crippen LogP contribution in [0.5, 0.6) is 0 Å². The lowest BCUT2D eigenvalue weighted by Crippen LogP contribution is -2.40. The Morgan fingerprint density at radius 2 is 2.16 bits per heavy atom. The number of hydrogen-bond acceptors (Lipinski definition) is 2. The first kappa shape index (κ1) is 14.3. The zero-order valence-electron chi connectivity index (χ0n) is 12.2. The summed E-state index contributed by atoms with van der Waals surface area (Å²) in [6.07, 6.45) is 3.18. The van der Waals surface area contributed by atoms with Crippen LogP contribution in [0.1, 0.15) is 39.2 Å². The molecule has 0 amide bonds. The number of nitrogens with two attached hydrogens (primary N) is 1. The summed E-state index contributed by atoms with van der Waals surface area (Å²) in [6, 6.07) is 5.16. The first-order chi connectivity index (χ1) is 8.87. The van der Waals surface area contributed by atoms with Crippen molar-refractivity contribution in [1.82, 2.24) is 0 Å². The molecule has 3 heteroatoms. The molecule has 0 saturated carbocycles. The van der Waals surface area contributed by atoms with E-state index in [1.165, 1.54) is 12.8 Å². The highest BCUT2D eigenvalue weighted by Crippen LogP contribution is 2.33. The van der Waals surface area contributed by atoms with Crippen molar-refractivity contribution in [2.45, 2.75) is 46.1 Å². The molecular formula is C16H25FN2. The van der Waals surface area contributed by atoms with Gasteiger partial charge in [0, 0.05) is 24.8 Å². The highest BCUT2D eigenvalue weighted by Gasteiger charge is 2.27. The standard InChI is InChI=1S/C16H25FN2/c1-12(18)9-13-10-14(17)5-6-15(13)19-8-4-7-16(2,3)11-19/h5-6,10,12H,4,7-9,11,18H2,1-3H3. The minimum Gasteiger partial charge on any atom is -0.371 e. The normalized spacial score (nSPS) is 20.4. The average molecular weight is 264 g/mol. The third-order valence-corrected chi connectivity index (χ3v) is 3.82. The maximum atomic E-state index is 13.5. The summed E-state index contributed by atoms with van der Waals surface area (Å²) in [4.78, 5) is 2.39. The van der Waals surface area contributed by atoms with Gasteiger partial charge in [-0.05, 0) is 55.4 Å². The lowest BCUT2D eigenvalue weighted by Gasteiger charge is -2.40. The van der Waals surface area contributed by atoms with Gasteiger partial charge in [-0.25, -0.2) is 4.39 Å². The molecule has 0 radical (unpaired) electrons. The Morgan fingerprint density at radius 3 is 2.79 bits per heavy atom. The number of rotatable bonds is 3. The Hall–Kier alpha value is -1.09. The third kappa shape index (κ3) is 3.69. The molecule has 2 rings (SSSR count). The van der Waals surface area contributed by atoms with E-state index >= 15 is 0 Å². The van der Waals surface area contributed by atoms with Crippen LogP contribution in [0.15, 0.2) is 18.2 Å². The molecule has 1 saturated heterocycles. The molecule has 1 aromatic carbocycles. The second-order valence-electron chi connectivity index (χ2n) is 6.64. The van der Waals surface area contributed by atoms with E-state index in [0.29, 0.717) is 5.41 Å². The van der Waals surface area contributed by atoms with Crippen LogP contribution in [0.25, 0.3) is 0 Å². The number of anilines is 1. The fourth-order valence-corrected chi connectivity index (χ4v) is 3.00. The number of benzene rings is 1. The number of piperidine rings is 1. The maximum absolute atomic E-state index is 13.5. The van der Waals surface area contributed by atoms with Gasteiger partial charge < -0.3 is 10.6 Å². The molecule has 0 aliphatic carbocycles. The zero-order chi connectivity index (χ0) is 14.0. The molecule has 1 aliphatic rings. The van der Waals surface area contributed by atoms with E-state index in [1.54, 1.807) is 12.1 Å². The average Bonchev–Trinajstić information content (AvgIpc) is 2.26. The molecule has 2 nitrogen and oxygen atoms in total. The minimum atomic E-state index is -0.171. The molecule has 0 spiro atoms. The Morgan fingerprint density at radius 1 is 1.42 bits per heavy atom. The van der Waals surface area contributed by atoms with Gasteiger partial charge in [0.15, 0.2) is 0 Å². The summed E-state index contributed by atoms with van der Waals surface area (Å²) in [6.45, 7) is 8.66. The largest absolute Gasteiger partial charge is 0.371 e. The fraction of sp³-hybridized carbons (Fsp3) is 0.625. The second kappa shape index (κ2) is 5.49. The van der Waals surface area contributed by atoms with E-state index in [1.807, 2.05) is 13.0 Å². The van der Waals surface area contributed by atoms with Gasteiger partial charge >= 0.3 is 0 Å². The van der Waals surface area contributed by atoms with Crippen molar-refractivity contribution in [2.75, 3.05) is 18.0 Å². The van der Waals surface area contributed by atoms with Crippen molar-refractivity contribution >= 4 is 5.69 Å². The van der Waals surface area contributed by atoms with Crippen molar-refractivity contribution in [3.63, 3.8) is 0 Å². The third-order valence-electron chi connectivity index (χ3n) is 3.82. The van der Waals surface area contributed by atoms with E-state index in [-0.39, 0.29) is 11.9 Å². The summed E-state index contributed by atoms with van der Waals surface area (Å²) in [5, 5.41) is 0. The molecule has 19 heavy (non-hydrogen) atoms. The number of halogens is 1. The topological polar surface area (TPSA) is 29.3 Å². The predicted octanol–water partition coefficient (Wildman–Crippen LogP) is 3.34. The van der Waals surface area contributed by atoms with Gasteiger partial charge in [-0.15, -0.1) is 0 Å². The summed E-state index contributed by atoms with van der Waals surface area (Å²) >= 11 is 0. The van der Waals surface area contributed by atoms with Crippen LogP contribution in [-0.2, 0) is 6.42 Å². The molecule has 1 aromatic rings. The summed E-state index contributed by atoms with van der Waals surface area (Å²) in [5.41, 5.74) is 8.41. The highest BCUT2D eigenvalue weighted by atomic mass is 19.1. The molecule has 1 fully saturated rings. The molecule has 1 atom stereocenters. The van der Waals surface area contributed by atoms with Crippen LogP contribution in [0.3, 0.4) is 0 Å². The molecule has 0 aromatic heterocycles. The quantitative estimate of drug-likeness (QED) is 0.907. The number of hydrogen-bond donors (Lipinski definition) is 1. The second-order valence-corrected chi connectivity index (χ2v) is 6.64. The molecule has 2 N–H and O–H groups in total. The Bertz CT molecular complexity index is 440. The van der Waals surface area contributed by atoms with Crippen molar-refractivity contribution in [3.8, 4) is 0 Å². The predicted molar refractivity (Wildman–Crippen MR) is 79.0 cm³/mol. The molecule has 0 bridgehead atoms.